The zero-order chi connectivity index (χ0) is 13.7. The zero-order valence-corrected chi connectivity index (χ0v) is 11.5. The van der Waals surface area contributed by atoms with Crippen LogP contribution in [-0.2, 0) is 4.74 Å². The summed E-state index contributed by atoms with van der Waals surface area (Å²) in [5.74, 6) is 5.76. The van der Waals surface area contributed by atoms with Gasteiger partial charge in [-0.1, -0.05) is 25.1 Å². The Morgan fingerprint density at radius 3 is 2.84 bits per heavy atom. The van der Waals surface area contributed by atoms with Crippen LogP contribution in [0, 0.1) is 0 Å². The van der Waals surface area contributed by atoms with E-state index in [0.717, 1.165) is 17.4 Å². The fourth-order valence-electron chi connectivity index (χ4n) is 2.48. The fourth-order valence-corrected chi connectivity index (χ4v) is 2.48. The van der Waals surface area contributed by atoms with Crippen LogP contribution in [0.4, 0.5) is 0 Å². The van der Waals surface area contributed by atoms with Gasteiger partial charge in [-0.25, -0.2) is 0 Å². The lowest BCUT2D eigenvalue weighted by atomic mass is 9.95. The van der Waals surface area contributed by atoms with Crippen LogP contribution in [-0.4, -0.2) is 17.7 Å². The van der Waals surface area contributed by atoms with Gasteiger partial charge < -0.3 is 4.74 Å². The third kappa shape index (κ3) is 2.92. The first kappa shape index (κ1) is 13.9. The predicted molar refractivity (Wildman–Crippen MR) is 77.5 cm³/mol. The van der Waals surface area contributed by atoms with Gasteiger partial charge in [0.25, 0.3) is 0 Å². The van der Waals surface area contributed by atoms with E-state index in [1.165, 1.54) is 5.39 Å². The van der Waals surface area contributed by atoms with E-state index in [1.54, 1.807) is 6.20 Å². The number of aromatic nitrogens is 1. The molecule has 0 saturated heterocycles. The van der Waals surface area contributed by atoms with Crippen LogP contribution in [0.15, 0.2) is 36.7 Å². The van der Waals surface area contributed by atoms with Crippen molar-refractivity contribution in [3.63, 3.8) is 0 Å². The van der Waals surface area contributed by atoms with Crippen LogP contribution >= 0.6 is 0 Å². The first-order valence-corrected chi connectivity index (χ1v) is 6.72. The number of rotatable bonds is 6. The number of nitrogens with zero attached hydrogens (tertiary/aromatic N) is 1. The number of ether oxygens (including phenoxy) is 1. The standard InChI is InChI=1S/C15H21N3O/c1-3-14(19-4-2)15(18-16)13-7-5-6-11-10-17-9-8-12(11)13/h5-10,14-15,18H,3-4,16H2,1-2H3. The zero-order valence-electron chi connectivity index (χ0n) is 11.5. The largest absolute Gasteiger partial charge is 0.376 e. The number of fused-ring (bicyclic) bond motifs is 1. The molecule has 0 amide bonds. The third-order valence-electron chi connectivity index (χ3n) is 3.38. The number of pyridine rings is 1. The Labute approximate surface area is 113 Å². The van der Waals surface area contributed by atoms with Crippen LogP contribution in [0.1, 0.15) is 31.9 Å². The number of nitrogens with two attached hydrogens (primary N) is 1. The summed E-state index contributed by atoms with van der Waals surface area (Å²) >= 11 is 0. The highest BCUT2D eigenvalue weighted by atomic mass is 16.5. The number of benzene rings is 1. The monoisotopic (exact) mass is 259 g/mol. The molecule has 0 fully saturated rings. The van der Waals surface area contributed by atoms with Crippen molar-refractivity contribution in [2.75, 3.05) is 6.61 Å². The van der Waals surface area contributed by atoms with E-state index >= 15 is 0 Å². The molecule has 0 radical (unpaired) electrons. The summed E-state index contributed by atoms with van der Waals surface area (Å²) < 4.78 is 5.79. The molecule has 1 aromatic heterocycles. The Morgan fingerprint density at radius 2 is 2.16 bits per heavy atom. The first-order valence-electron chi connectivity index (χ1n) is 6.72. The van der Waals surface area contributed by atoms with E-state index in [1.807, 2.05) is 25.3 Å². The molecule has 102 valence electrons. The molecule has 4 nitrogen and oxygen atoms in total. The van der Waals surface area contributed by atoms with Gasteiger partial charge in [0.2, 0.25) is 0 Å². The Hall–Kier alpha value is -1.49. The van der Waals surface area contributed by atoms with Crippen molar-refractivity contribution in [1.29, 1.82) is 0 Å². The lowest BCUT2D eigenvalue weighted by Crippen LogP contribution is -2.38. The second-order valence-electron chi connectivity index (χ2n) is 4.49. The lowest BCUT2D eigenvalue weighted by Gasteiger charge is -2.26. The minimum atomic E-state index is -0.0175. The van der Waals surface area contributed by atoms with E-state index in [0.29, 0.717) is 6.61 Å². The highest BCUT2D eigenvalue weighted by molar-refractivity contribution is 5.85. The maximum Gasteiger partial charge on any atom is 0.0780 e. The number of nitrogens with one attached hydrogen (secondary N) is 1. The normalized spacial score (nSPS) is 14.5. The topological polar surface area (TPSA) is 60.2 Å². The average molecular weight is 259 g/mol. The number of hydrogen-bond donors (Lipinski definition) is 2. The second-order valence-corrected chi connectivity index (χ2v) is 4.49. The van der Waals surface area contributed by atoms with Crippen LogP contribution in [0.25, 0.3) is 10.8 Å². The maximum absolute atomic E-state index is 5.79. The lowest BCUT2D eigenvalue weighted by molar-refractivity contribution is 0.0317. The molecule has 0 bridgehead atoms. The second kappa shape index (κ2) is 6.61. The van der Waals surface area contributed by atoms with E-state index < -0.39 is 0 Å². The van der Waals surface area contributed by atoms with Crippen molar-refractivity contribution in [1.82, 2.24) is 10.4 Å². The average Bonchev–Trinajstić information content (AvgIpc) is 2.47. The van der Waals surface area contributed by atoms with Crippen molar-refractivity contribution >= 4 is 10.8 Å². The van der Waals surface area contributed by atoms with E-state index in [4.69, 9.17) is 10.6 Å². The molecule has 0 spiro atoms. The summed E-state index contributed by atoms with van der Waals surface area (Å²) in [5, 5.41) is 2.28. The molecule has 2 atom stereocenters. The van der Waals surface area contributed by atoms with Crippen molar-refractivity contribution in [2.45, 2.75) is 32.4 Å². The summed E-state index contributed by atoms with van der Waals surface area (Å²) in [4.78, 5) is 4.16. The van der Waals surface area contributed by atoms with E-state index in [2.05, 4.69) is 29.5 Å². The fraction of sp³-hybridized carbons (Fsp3) is 0.400. The Balaban J connectivity index is 2.45. The number of hydrogen-bond acceptors (Lipinski definition) is 4. The molecule has 19 heavy (non-hydrogen) atoms. The van der Waals surface area contributed by atoms with Gasteiger partial charge in [0.1, 0.15) is 0 Å². The summed E-state index contributed by atoms with van der Waals surface area (Å²) in [5.41, 5.74) is 4.06. The maximum atomic E-state index is 5.79. The van der Waals surface area contributed by atoms with Crippen LogP contribution in [0.5, 0.6) is 0 Å². The van der Waals surface area contributed by atoms with Gasteiger partial charge in [-0.15, -0.1) is 0 Å². The summed E-state index contributed by atoms with van der Waals surface area (Å²) in [6.45, 7) is 4.80. The highest BCUT2D eigenvalue weighted by Gasteiger charge is 2.22. The Bertz CT molecular complexity index is 524. The molecule has 0 aliphatic carbocycles. The molecular formula is C15H21N3O. The molecule has 0 aliphatic heterocycles. The molecule has 4 heteroatoms. The molecule has 3 N–H and O–H groups in total. The molecule has 2 unspecified atom stereocenters. The first-order chi connectivity index (χ1) is 9.31. The van der Waals surface area contributed by atoms with Gasteiger partial charge in [0.05, 0.1) is 12.1 Å². The summed E-state index contributed by atoms with van der Waals surface area (Å²) in [6.07, 6.45) is 4.65. The smallest absolute Gasteiger partial charge is 0.0780 e. The molecule has 2 aromatic rings. The van der Waals surface area contributed by atoms with Crippen LogP contribution < -0.4 is 11.3 Å². The minimum absolute atomic E-state index is 0.0175. The van der Waals surface area contributed by atoms with Crippen LogP contribution in [0.3, 0.4) is 0 Å². The summed E-state index contributed by atoms with van der Waals surface area (Å²) in [6, 6.07) is 8.18. The van der Waals surface area contributed by atoms with Crippen molar-refractivity contribution < 1.29 is 4.74 Å². The molecule has 0 saturated carbocycles. The van der Waals surface area contributed by atoms with Crippen molar-refractivity contribution in [3.8, 4) is 0 Å². The Morgan fingerprint density at radius 1 is 1.32 bits per heavy atom. The quantitative estimate of drug-likeness (QED) is 0.618. The van der Waals surface area contributed by atoms with Gasteiger partial charge in [-0.3, -0.25) is 16.3 Å². The molecule has 2 rings (SSSR count). The van der Waals surface area contributed by atoms with Crippen molar-refractivity contribution in [3.05, 3.63) is 42.2 Å². The van der Waals surface area contributed by atoms with Gasteiger partial charge in [-0.2, -0.15) is 0 Å². The molecule has 1 heterocycles. The Kier molecular flexibility index (Phi) is 4.85. The third-order valence-corrected chi connectivity index (χ3v) is 3.38. The van der Waals surface area contributed by atoms with Gasteiger partial charge in [0, 0.05) is 24.4 Å². The minimum Gasteiger partial charge on any atom is -0.376 e. The van der Waals surface area contributed by atoms with Crippen LogP contribution in [0.2, 0.25) is 0 Å². The SMILES string of the molecule is CCOC(CC)C(NN)c1cccc2cnccc12. The van der Waals surface area contributed by atoms with Crippen molar-refractivity contribution in [2.24, 2.45) is 5.84 Å². The van der Waals surface area contributed by atoms with Gasteiger partial charge in [0.15, 0.2) is 0 Å². The van der Waals surface area contributed by atoms with E-state index in [9.17, 15) is 0 Å². The predicted octanol–water partition coefficient (Wildman–Crippen LogP) is 2.55. The molecule has 0 aliphatic rings. The van der Waals surface area contributed by atoms with Gasteiger partial charge >= 0.3 is 0 Å². The highest BCUT2D eigenvalue weighted by Crippen LogP contribution is 2.27. The molecule has 1 aromatic carbocycles. The van der Waals surface area contributed by atoms with Gasteiger partial charge in [-0.05, 0) is 30.4 Å². The molecular weight excluding hydrogens is 238 g/mol. The van der Waals surface area contributed by atoms with E-state index in [-0.39, 0.29) is 12.1 Å². The number of hydrazine groups is 1. The summed E-state index contributed by atoms with van der Waals surface area (Å²) in [7, 11) is 0.